The monoisotopic (exact) mass is 507 g/mol. The highest BCUT2D eigenvalue weighted by molar-refractivity contribution is 6.02. The predicted molar refractivity (Wildman–Crippen MR) is 136 cm³/mol. The van der Waals surface area contributed by atoms with Gasteiger partial charge < -0.3 is 30.1 Å². The van der Waals surface area contributed by atoms with Crippen LogP contribution in [-0.4, -0.2) is 64.7 Å². The molecule has 5 atom stereocenters. The van der Waals surface area contributed by atoms with Gasteiger partial charge in [0.2, 0.25) is 17.7 Å². The molecule has 3 heterocycles. The summed E-state index contributed by atoms with van der Waals surface area (Å²) in [7, 11) is 0. The second kappa shape index (κ2) is 9.79. The SMILES string of the molecule is CCOc1ccc(NC(=O)[C@H]2[C@H]3C(=O)N(CCO)C(C(=O)NCc4ccccc4)C34CC[C@]2(C)O4)cc1. The Kier molecular flexibility index (Phi) is 6.68. The minimum absolute atomic E-state index is 0.00614. The second-order valence-corrected chi connectivity index (χ2v) is 10.1. The summed E-state index contributed by atoms with van der Waals surface area (Å²) < 4.78 is 12.0. The highest BCUT2D eigenvalue weighted by Crippen LogP contribution is 2.63. The molecule has 0 aromatic heterocycles. The fraction of sp³-hybridized carbons (Fsp3) is 0.464. The first kappa shape index (κ1) is 25.2. The number of nitrogens with one attached hydrogen (secondary N) is 2. The van der Waals surface area contributed by atoms with Crippen LogP contribution in [0.3, 0.4) is 0 Å². The average molecular weight is 508 g/mol. The number of aliphatic hydroxyl groups is 1. The number of carbonyl (C=O) groups excluding carboxylic acids is 3. The van der Waals surface area contributed by atoms with E-state index in [1.54, 1.807) is 24.3 Å². The van der Waals surface area contributed by atoms with Crippen molar-refractivity contribution in [3.63, 3.8) is 0 Å². The van der Waals surface area contributed by atoms with Crippen LogP contribution >= 0.6 is 0 Å². The lowest BCUT2D eigenvalue weighted by Crippen LogP contribution is -2.55. The molecule has 2 bridgehead atoms. The number of nitrogens with zero attached hydrogens (tertiary/aromatic N) is 1. The van der Waals surface area contributed by atoms with Gasteiger partial charge in [0.15, 0.2) is 0 Å². The molecule has 1 spiro atoms. The van der Waals surface area contributed by atoms with Gasteiger partial charge in [-0.15, -0.1) is 0 Å². The van der Waals surface area contributed by atoms with Gasteiger partial charge in [-0.05, 0) is 56.5 Å². The first-order chi connectivity index (χ1) is 17.8. The van der Waals surface area contributed by atoms with Crippen molar-refractivity contribution in [3.05, 3.63) is 60.2 Å². The molecule has 0 radical (unpaired) electrons. The number of benzene rings is 2. The molecule has 9 nitrogen and oxygen atoms in total. The molecule has 2 aromatic rings. The normalized spacial score (nSPS) is 29.8. The number of fused-ring (bicyclic) bond motifs is 1. The molecule has 3 amide bonds. The van der Waals surface area contributed by atoms with Crippen LogP contribution < -0.4 is 15.4 Å². The molecule has 3 aliphatic heterocycles. The maximum Gasteiger partial charge on any atom is 0.246 e. The minimum Gasteiger partial charge on any atom is -0.494 e. The van der Waals surface area contributed by atoms with E-state index in [0.29, 0.717) is 37.4 Å². The first-order valence-electron chi connectivity index (χ1n) is 12.8. The summed E-state index contributed by atoms with van der Waals surface area (Å²) in [5.41, 5.74) is -0.482. The van der Waals surface area contributed by atoms with Gasteiger partial charge in [0, 0.05) is 18.8 Å². The third-order valence-corrected chi connectivity index (χ3v) is 7.89. The molecule has 3 N–H and O–H groups in total. The van der Waals surface area contributed by atoms with Crippen molar-refractivity contribution < 1.29 is 29.0 Å². The van der Waals surface area contributed by atoms with Gasteiger partial charge >= 0.3 is 0 Å². The number of rotatable bonds is 9. The molecule has 3 fully saturated rings. The number of anilines is 1. The topological polar surface area (TPSA) is 117 Å². The Bertz CT molecular complexity index is 1170. The molecular formula is C28H33N3O6. The van der Waals surface area contributed by atoms with Gasteiger partial charge in [-0.3, -0.25) is 14.4 Å². The van der Waals surface area contributed by atoms with Gasteiger partial charge in [-0.1, -0.05) is 30.3 Å². The maximum atomic E-state index is 13.7. The van der Waals surface area contributed by atoms with E-state index >= 15 is 0 Å². The van der Waals surface area contributed by atoms with Crippen molar-refractivity contribution in [3.8, 4) is 5.75 Å². The lowest BCUT2D eigenvalue weighted by atomic mass is 9.66. The summed E-state index contributed by atoms with van der Waals surface area (Å²) in [6, 6.07) is 15.6. The van der Waals surface area contributed by atoms with E-state index in [1.165, 1.54) is 4.90 Å². The standard InChI is InChI=1S/C28H33N3O6/c1-3-36-20-11-9-19(10-12-20)30-24(33)21-22-26(35)31(15-16-32)23(28(22)14-13-27(21,2)37-28)25(34)29-17-18-7-5-4-6-8-18/h4-12,21-23,32H,3,13-17H2,1-2H3,(H,29,34)(H,30,33)/t21-,22+,23?,27+,28?/m1/s1. The smallest absolute Gasteiger partial charge is 0.246 e. The van der Waals surface area contributed by atoms with E-state index in [0.717, 1.165) is 5.56 Å². The molecule has 3 aliphatic rings. The summed E-state index contributed by atoms with van der Waals surface area (Å²) >= 11 is 0. The summed E-state index contributed by atoms with van der Waals surface area (Å²) in [6.07, 6.45) is 1.03. The third-order valence-electron chi connectivity index (χ3n) is 7.89. The van der Waals surface area contributed by atoms with E-state index in [-0.39, 0.29) is 30.9 Å². The van der Waals surface area contributed by atoms with Crippen LogP contribution in [0.2, 0.25) is 0 Å². The number of likely N-dealkylation sites (tertiary alicyclic amines) is 1. The summed E-state index contributed by atoms with van der Waals surface area (Å²) in [6.45, 7) is 4.29. The van der Waals surface area contributed by atoms with Crippen LogP contribution in [0.1, 0.15) is 32.3 Å². The van der Waals surface area contributed by atoms with E-state index < -0.39 is 29.1 Å². The zero-order valence-corrected chi connectivity index (χ0v) is 21.1. The van der Waals surface area contributed by atoms with E-state index in [1.807, 2.05) is 44.2 Å². The molecule has 2 unspecified atom stereocenters. The molecule has 5 rings (SSSR count). The highest BCUT2D eigenvalue weighted by atomic mass is 16.5. The first-order valence-corrected chi connectivity index (χ1v) is 12.8. The number of aliphatic hydroxyl groups excluding tert-OH is 1. The van der Waals surface area contributed by atoms with Gasteiger partial charge in [-0.2, -0.15) is 0 Å². The van der Waals surface area contributed by atoms with Crippen molar-refractivity contribution in [2.24, 2.45) is 11.8 Å². The summed E-state index contributed by atoms with van der Waals surface area (Å²) in [5, 5.41) is 15.6. The van der Waals surface area contributed by atoms with Gasteiger partial charge in [-0.25, -0.2) is 0 Å². The Balaban J connectivity index is 1.40. The molecular weight excluding hydrogens is 474 g/mol. The zero-order chi connectivity index (χ0) is 26.2. The van der Waals surface area contributed by atoms with Crippen LogP contribution in [0.5, 0.6) is 5.75 Å². The predicted octanol–water partition coefficient (Wildman–Crippen LogP) is 2.10. The molecule has 9 heteroatoms. The molecule has 196 valence electrons. The Hall–Kier alpha value is -3.43. The van der Waals surface area contributed by atoms with Gasteiger partial charge in [0.05, 0.1) is 30.7 Å². The van der Waals surface area contributed by atoms with Gasteiger partial charge in [0.1, 0.15) is 17.4 Å². The number of carbonyl (C=O) groups is 3. The third kappa shape index (κ3) is 4.26. The van der Waals surface area contributed by atoms with E-state index in [2.05, 4.69) is 10.6 Å². The Labute approximate surface area is 216 Å². The number of hydrogen-bond acceptors (Lipinski definition) is 6. The van der Waals surface area contributed by atoms with E-state index in [4.69, 9.17) is 9.47 Å². The minimum atomic E-state index is -1.12. The fourth-order valence-corrected chi connectivity index (χ4v) is 6.38. The number of amides is 3. The quantitative estimate of drug-likeness (QED) is 0.479. The summed E-state index contributed by atoms with van der Waals surface area (Å²) in [4.78, 5) is 42.3. The van der Waals surface area contributed by atoms with Crippen molar-refractivity contribution in [2.75, 3.05) is 25.1 Å². The molecule has 0 saturated carbocycles. The molecule has 3 saturated heterocycles. The second-order valence-electron chi connectivity index (χ2n) is 10.1. The number of β-amino-alcohol motifs (C(OH)–C–C–N with tert-alkyl or cyclic N) is 1. The largest absolute Gasteiger partial charge is 0.494 e. The van der Waals surface area contributed by atoms with Crippen molar-refractivity contribution in [1.29, 1.82) is 0 Å². The molecule has 2 aromatic carbocycles. The zero-order valence-electron chi connectivity index (χ0n) is 21.1. The van der Waals surface area contributed by atoms with Crippen LogP contribution in [0.25, 0.3) is 0 Å². The van der Waals surface area contributed by atoms with Crippen molar-refractivity contribution in [1.82, 2.24) is 10.2 Å². The lowest BCUT2D eigenvalue weighted by molar-refractivity contribution is -0.145. The summed E-state index contributed by atoms with van der Waals surface area (Å²) in [5.74, 6) is -1.87. The van der Waals surface area contributed by atoms with Gasteiger partial charge in [0.25, 0.3) is 0 Å². The van der Waals surface area contributed by atoms with Crippen LogP contribution in [0.15, 0.2) is 54.6 Å². The van der Waals surface area contributed by atoms with Crippen LogP contribution in [0.4, 0.5) is 5.69 Å². The van der Waals surface area contributed by atoms with Crippen molar-refractivity contribution in [2.45, 2.75) is 50.5 Å². The highest BCUT2D eigenvalue weighted by Gasteiger charge is 2.77. The fourth-order valence-electron chi connectivity index (χ4n) is 6.38. The molecule has 0 aliphatic carbocycles. The number of hydrogen-bond donors (Lipinski definition) is 3. The Morgan fingerprint density at radius 1 is 1.11 bits per heavy atom. The van der Waals surface area contributed by atoms with Crippen molar-refractivity contribution >= 4 is 23.4 Å². The maximum absolute atomic E-state index is 13.7. The Morgan fingerprint density at radius 3 is 2.51 bits per heavy atom. The van der Waals surface area contributed by atoms with Crippen LogP contribution in [0, 0.1) is 11.8 Å². The van der Waals surface area contributed by atoms with Crippen LogP contribution in [-0.2, 0) is 25.7 Å². The Morgan fingerprint density at radius 2 is 1.84 bits per heavy atom. The number of ether oxygens (including phenoxy) is 2. The lowest BCUT2D eigenvalue weighted by Gasteiger charge is -2.33. The molecule has 37 heavy (non-hydrogen) atoms. The van der Waals surface area contributed by atoms with E-state index in [9.17, 15) is 19.5 Å². The average Bonchev–Trinajstić information content (AvgIpc) is 3.46.